The van der Waals surface area contributed by atoms with Crippen molar-refractivity contribution >= 4 is 10.0 Å². The van der Waals surface area contributed by atoms with E-state index in [0.717, 1.165) is 25.1 Å². The Bertz CT molecular complexity index is 448. The van der Waals surface area contributed by atoms with Crippen LogP contribution in [-0.2, 0) is 16.6 Å². The van der Waals surface area contributed by atoms with Gasteiger partial charge in [0.1, 0.15) is 0 Å². The monoisotopic (exact) mass is 285 g/mol. The van der Waals surface area contributed by atoms with Crippen molar-refractivity contribution < 1.29 is 8.42 Å². The van der Waals surface area contributed by atoms with E-state index in [-0.39, 0.29) is 5.75 Å². The summed E-state index contributed by atoms with van der Waals surface area (Å²) >= 11 is 0. The third-order valence-corrected chi connectivity index (χ3v) is 4.70. The van der Waals surface area contributed by atoms with Gasteiger partial charge in [0.15, 0.2) is 0 Å². The van der Waals surface area contributed by atoms with Gasteiger partial charge in [0.2, 0.25) is 10.0 Å². The molecule has 0 aliphatic carbocycles. The lowest BCUT2D eigenvalue weighted by molar-refractivity contribution is 0.464. The van der Waals surface area contributed by atoms with Crippen LogP contribution in [-0.4, -0.2) is 43.6 Å². The summed E-state index contributed by atoms with van der Waals surface area (Å²) in [6.07, 6.45) is 5.05. The van der Waals surface area contributed by atoms with Crippen LogP contribution in [0.1, 0.15) is 25.3 Å². The number of nitrogens with zero attached hydrogens (tertiary/aromatic N) is 2. The smallest absolute Gasteiger partial charge is 0.214 e. The van der Waals surface area contributed by atoms with Crippen molar-refractivity contribution in [2.45, 2.75) is 26.3 Å². The van der Waals surface area contributed by atoms with Gasteiger partial charge in [0, 0.05) is 26.0 Å². The fourth-order valence-corrected chi connectivity index (χ4v) is 2.85. The second-order valence-electron chi connectivity index (χ2n) is 4.53. The summed E-state index contributed by atoms with van der Waals surface area (Å²) in [6, 6.07) is 3.66. The highest BCUT2D eigenvalue weighted by Crippen LogP contribution is 2.07. The van der Waals surface area contributed by atoms with Gasteiger partial charge in [-0.25, -0.2) is 12.7 Å². The number of aromatic nitrogens is 1. The molecule has 0 amide bonds. The Morgan fingerprint density at radius 3 is 2.58 bits per heavy atom. The van der Waals surface area contributed by atoms with Gasteiger partial charge >= 0.3 is 0 Å². The molecule has 1 heterocycles. The number of nitrogens with one attached hydrogen (secondary N) is 1. The van der Waals surface area contributed by atoms with E-state index >= 15 is 0 Å². The molecule has 108 valence electrons. The molecule has 0 aliphatic rings. The van der Waals surface area contributed by atoms with Crippen LogP contribution >= 0.6 is 0 Å². The van der Waals surface area contributed by atoms with E-state index in [1.165, 1.54) is 4.31 Å². The predicted molar refractivity (Wildman–Crippen MR) is 77.3 cm³/mol. The molecule has 1 aromatic rings. The van der Waals surface area contributed by atoms with Crippen molar-refractivity contribution in [3.63, 3.8) is 0 Å². The van der Waals surface area contributed by atoms with Gasteiger partial charge in [0.25, 0.3) is 0 Å². The summed E-state index contributed by atoms with van der Waals surface area (Å²) in [6.45, 7) is 4.17. The van der Waals surface area contributed by atoms with E-state index in [1.807, 2.05) is 12.1 Å². The van der Waals surface area contributed by atoms with Crippen LogP contribution in [0.15, 0.2) is 24.5 Å². The molecule has 0 saturated carbocycles. The van der Waals surface area contributed by atoms with Crippen molar-refractivity contribution in [1.29, 1.82) is 0 Å². The second kappa shape index (κ2) is 8.24. The molecule has 1 N–H and O–H groups in total. The minimum absolute atomic E-state index is 0.186. The molecule has 0 aromatic carbocycles. The van der Waals surface area contributed by atoms with Crippen LogP contribution in [0, 0.1) is 0 Å². The molecule has 0 aliphatic heterocycles. The quantitative estimate of drug-likeness (QED) is 0.693. The fourth-order valence-electron chi connectivity index (χ4n) is 1.68. The van der Waals surface area contributed by atoms with Crippen LogP contribution in [0.4, 0.5) is 0 Å². The summed E-state index contributed by atoms with van der Waals surface area (Å²) in [5.41, 5.74) is 0.949. The molecule has 0 bridgehead atoms. The molecule has 6 heteroatoms. The first kappa shape index (κ1) is 16.1. The second-order valence-corrected chi connectivity index (χ2v) is 6.73. The lowest BCUT2D eigenvalue weighted by atomic mass is 10.3. The maximum Gasteiger partial charge on any atom is 0.214 e. The van der Waals surface area contributed by atoms with Gasteiger partial charge < -0.3 is 5.32 Å². The number of pyridine rings is 1. The van der Waals surface area contributed by atoms with E-state index in [0.29, 0.717) is 13.0 Å². The molecule has 19 heavy (non-hydrogen) atoms. The van der Waals surface area contributed by atoms with Crippen LogP contribution < -0.4 is 5.32 Å². The Hall–Kier alpha value is -0.980. The molecule has 0 saturated heterocycles. The Kier molecular flexibility index (Phi) is 6.97. The average Bonchev–Trinajstić information content (AvgIpc) is 2.39. The van der Waals surface area contributed by atoms with Gasteiger partial charge in [-0.05, 0) is 43.6 Å². The fraction of sp³-hybridized carbons (Fsp3) is 0.615. The number of sulfonamides is 1. The lowest BCUT2D eigenvalue weighted by Crippen LogP contribution is -2.30. The predicted octanol–water partition coefficient (Wildman–Crippen LogP) is 1.23. The average molecular weight is 285 g/mol. The normalized spacial score (nSPS) is 11.9. The Balaban J connectivity index is 2.39. The zero-order chi connectivity index (χ0) is 14.1. The van der Waals surface area contributed by atoms with E-state index < -0.39 is 10.0 Å². The van der Waals surface area contributed by atoms with Crippen molar-refractivity contribution in [2.75, 3.05) is 25.9 Å². The topological polar surface area (TPSA) is 62.3 Å². The minimum atomic E-state index is -3.17. The number of hydrogen-bond donors (Lipinski definition) is 1. The molecule has 0 fully saturated rings. The van der Waals surface area contributed by atoms with E-state index in [9.17, 15) is 8.42 Å². The first-order valence-electron chi connectivity index (χ1n) is 6.60. The summed E-state index contributed by atoms with van der Waals surface area (Å²) in [5.74, 6) is 0.186. The molecule has 0 atom stereocenters. The third-order valence-electron chi connectivity index (χ3n) is 2.81. The maximum atomic E-state index is 12.1. The van der Waals surface area contributed by atoms with Gasteiger partial charge in [-0.2, -0.15) is 0 Å². The van der Waals surface area contributed by atoms with Gasteiger partial charge in [-0.3, -0.25) is 4.98 Å². The van der Waals surface area contributed by atoms with Gasteiger partial charge in [0.05, 0.1) is 5.75 Å². The summed E-state index contributed by atoms with van der Waals surface area (Å²) in [7, 11) is -1.55. The van der Waals surface area contributed by atoms with Crippen LogP contribution in [0.2, 0.25) is 0 Å². The van der Waals surface area contributed by atoms with Crippen molar-refractivity contribution in [2.24, 2.45) is 0 Å². The molecule has 1 rings (SSSR count). The number of rotatable bonds is 9. The van der Waals surface area contributed by atoms with Crippen molar-refractivity contribution in [3.8, 4) is 0 Å². The van der Waals surface area contributed by atoms with E-state index in [4.69, 9.17) is 0 Å². The molecule has 0 radical (unpaired) electrons. The Morgan fingerprint density at radius 2 is 1.95 bits per heavy atom. The zero-order valence-corrected chi connectivity index (χ0v) is 12.5. The first-order chi connectivity index (χ1) is 9.06. The maximum absolute atomic E-state index is 12.1. The molecule has 5 nitrogen and oxygen atoms in total. The molecule has 0 spiro atoms. The highest BCUT2D eigenvalue weighted by molar-refractivity contribution is 7.89. The van der Waals surface area contributed by atoms with Crippen molar-refractivity contribution in [3.05, 3.63) is 30.1 Å². The van der Waals surface area contributed by atoms with Crippen LogP contribution in [0.5, 0.6) is 0 Å². The Morgan fingerprint density at radius 1 is 1.26 bits per heavy atom. The van der Waals surface area contributed by atoms with Crippen molar-refractivity contribution in [1.82, 2.24) is 14.6 Å². The highest BCUT2D eigenvalue weighted by atomic mass is 32.2. The van der Waals surface area contributed by atoms with E-state index in [2.05, 4.69) is 17.2 Å². The lowest BCUT2D eigenvalue weighted by Gasteiger charge is -2.17. The highest BCUT2D eigenvalue weighted by Gasteiger charge is 2.17. The largest absolute Gasteiger partial charge is 0.317 e. The van der Waals surface area contributed by atoms with Gasteiger partial charge in [-0.1, -0.05) is 6.92 Å². The molecular weight excluding hydrogens is 262 g/mol. The number of hydrogen-bond acceptors (Lipinski definition) is 4. The molecule has 1 aromatic heterocycles. The zero-order valence-electron chi connectivity index (χ0n) is 11.7. The van der Waals surface area contributed by atoms with Crippen LogP contribution in [0.3, 0.4) is 0 Å². The minimum Gasteiger partial charge on any atom is -0.317 e. The third kappa shape index (κ3) is 6.13. The summed E-state index contributed by atoms with van der Waals surface area (Å²) < 4.78 is 25.5. The van der Waals surface area contributed by atoms with Crippen LogP contribution in [0.25, 0.3) is 0 Å². The Labute approximate surface area is 116 Å². The molecule has 0 unspecified atom stereocenters. The summed E-state index contributed by atoms with van der Waals surface area (Å²) in [5, 5.41) is 3.21. The standard InChI is InChI=1S/C13H23N3O2S/c1-3-7-14-8-4-11-19(17,18)16(2)12-13-5-9-15-10-6-13/h5-6,9-10,14H,3-4,7-8,11-12H2,1-2H3. The van der Waals surface area contributed by atoms with E-state index in [1.54, 1.807) is 19.4 Å². The first-order valence-corrected chi connectivity index (χ1v) is 8.21. The summed E-state index contributed by atoms with van der Waals surface area (Å²) in [4.78, 5) is 3.92. The SMILES string of the molecule is CCCNCCCS(=O)(=O)N(C)Cc1ccncc1. The molecular formula is C13H23N3O2S. The van der Waals surface area contributed by atoms with Gasteiger partial charge in [-0.15, -0.1) is 0 Å².